The zero-order valence-electron chi connectivity index (χ0n) is 13.0. The van der Waals surface area contributed by atoms with Gasteiger partial charge in [0.1, 0.15) is 5.75 Å². The minimum Gasteiger partial charge on any atom is -0.484 e. The molecule has 5 nitrogen and oxygen atoms in total. The summed E-state index contributed by atoms with van der Waals surface area (Å²) in [5, 5.41) is 3.31. The van der Waals surface area contributed by atoms with Crippen LogP contribution in [-0.2, 0) is 9.59 Å². The van der Waals surface area contributed by atoms with Gasteiger partial charge in [0.2, 0.25) is 5.91 Å². The molecule has 6 heteroatoms. The summed E-state index contributed by atoms with van der Waals surface area (Å²) in [6.45, 7) is 0.644. The Morgan fingerprint density at radius 1 is 1.21 bits per heavy atom. The van der Waals surface area contributed by atoms with Gasteiger partial charge < -0.3 is 15.0 Å². The fourth-order valence-corrected chi connectivity index (χ4v) is 2.73. The summed E-state index contributed by atoms with van der Waals surface area (Å²) >= 11 is 5.86. The minimum absolute atomic E-state index is 0.104. The van der Waals surface area contributed by atoms with Gasteiger partial charge in [0, 0.05) is 29.4 Å². The van der Waals surface area contributed by atoms with E-state index in [-0.39, 0.29) is 18.4 Å². The Balaban J connectivity index is 1.53. The molecular formula is C18H17ClN2O3. The molecule has 2 aromatic rings. The molecule has 0 unspecified atom stereocenters. The van der Waals surface area contributed by atoms with Crippen LogP contribution >= 0.6 is 11.6 Å². The second-order valence-electron chi connectivity index (χ2n) is 5.49. The van der Waals surface area contributed by atoms with Crippen molar-refractivity contribution in [3.8, 4) is 5.75 Å². The summed E-state index contributed by atoms with van der Waals surface area (Å²) in [5.74, 6) is 0.419. The Hall–Kier alpha value is -2.53. The molecule has 2 amide bonds. The molecule has 2 aromatic carbocycles. The fraction of sp³-hybridized carbons (Fsp3) is 0.222. The van der Waals surface area contributed by atoms with Crippen LogP contribution in [0.25, 0.3) is 0 Å². The van der Waals surface area contributed by atoms with E-state index in [1.165, 1.54) is 0 Å². The number of hydrogen-bond donors (Lipinski definition) is 1. The van der Waals surface area contributed by atoms with E-state index in [4.69, 9.17) is 16.3 Å². The van der Waals surface area contributed by atoms with Crippen LogP contribution in [0.5, 0.6) is 5.75 Å². The van der Waals surface area contributed by atoms with E-state index in [9.17, 15) is 9.59 Å². The van der Waals surface area contributed by atoms with Gasteiger partial charge in [0.05, 0.1) is 0 Å². The molecule has 0 bridgehead atoms. The standard InChI is InChI=1S/C18H17ClN2O3/c19-13-3-1-4-16(11-13)24-12-17(22)20-14-6-8-15(9-7-14)21-10-2-5-18(21)23/h1,3-4,6-9,11H,2,5,10,12H2,(H,20,22). The number of ether oxygens (including phenoxy) is 1. The van der Waals surface area contributed by atoms with E-state index in [0.717, 1.165) is 18.7 Å². The highest BCUT2D eigenvalue weighted by atomic mass is 35.5. The maximum Gasteiger partial charge on any atom is 0.262 e. The number of amides is 2. The Bertz CT molecular complexity index is 746. The van der Waals surface area contributed by atoms with Gasteiger partial charge in [-0.2, -0.15) is 0 Å². The lowest BCUT2D eigenvalue weighted by Gasteiger charge is -2.16. The molecule has 0 radical (unpaired) electrons. The summed E-state index contributed by atoms with van der Waals surface area (Å²) in [7, 11) is 0. The quantitative estimate of drug-likeness (QED) is 0.903. The van der Waals surface area contributed by atoms with Crippen LogP contribution in [0.4, 0.5) is 11.4 Å². The van der Waals surface area contributed by atoms with E-state index >= 15 is 0 Å². The predicted molar refractivity (Wildman–Crippen MR) is 93.6 cm³/mol. The minimum atomic E-state index is -0.264. The molecule has 124 valence electrons. The van der Waals surface area contributed by atoms with Crippen LogP contribution in [-0.4, -0.2) is 25.0 Å². The number of carbonyl (C=O) groups is 2. The molecule has 0 atom stereocenters. The number of benzene rings is 2. The van der Waals surface area contributed by atoms with Crippen LogP contribution in [0.1, 0.15) is 12.8 Å². The smallest absolute Gasteiger partial charge is 0.262 e. The van der Waals surface area contributed by atoms with Gasteiger partial charge in [0.25, 0.3) is 5.91 Å². The van der Waals surface area contributed by atoms with E-state index < -0.39 is 0 Å². The van der Waals surface area contributed by atoms with Crippen molar-refractivity contribution in [3.63, 3.8) is 0 Å². The first-order chi connectivity index (χ1) is 11.6. The van der Waals surface area contributed by atoms with Crippen LogP contribution < -0.4 is 15.0 Å². The van der Waals surface area contributed by atoms with Crippen molar-refractivity contribution in [2.24, 2.45) is 0 Å². The molecule has 1 aliphatic heterocycles. The molecule has 1 fully saturated rings. The predicted octanol–water partition coefficient (Wildman–Crippen LogP) is 3.48. The maximum atomic E-state index is 11.9. The molecule has 3 rings (SSSR count). The summed E-state index contributed by atoms with van der Waals surface area (Å²) in [5.41, 5.74) is 1.51. The topological polar surface area (TPSA) is 58.6 Å². The molecule has 1 N–H and O–H groups in total. The zero-order chi connectivity index (χ0) is 16.9. The number of rotatable bonds is 5. The third-order valence-electron chi connectivity index (χ3n) is 3.70. The Morgan fingerprint density at radius 2 is 2.00 bits per heavy atom. The van der Waals surface area contributed by atoms with Crippen molar-refractivity contribution >= 4 is 34.8 Å². The Morgan fingerprint density at radius 3 is 2.67 bits per heavy atom. The van der Waals surface area contributed by atoms with Gasteiger partial charge in [-0.05, 0) is 48.9 Å². The lowest BCUT2D eigenvalue weighted by molar-refractivity contribution is -0.118. The largest absolute Gasteiger partial charge is 0.484 e. The Kier molecular flexibility index (Phi) is 5.01. The normalized spacial score (nSPS) is 13.9. The highest BCUT2D eigenvalue weighted by molar-refractivity contribution is 6.30. The number of nitrogens with zero attached hydrogens (tertiary/aromatic N) is 1. The maximum absolute atomic E-state index is 11.9. The second kappa shape index (κ2) is 7.36. The molecule has 1 saturated heterocycles. The van der Waals surface area contributed by atoms with Crippen molar-refractivity contribution < 1.29 is 14.3 Å². The van der Waals surface area contributed by atoms with Gasteiger partial charge in [-0.1, -0.05) is 17.7 Å². The first-order valence-corrected chi connectivity index (χ1v) is 8.08. The molecular weight excluding hydrogens is 328 g/mol. The van der Waals surface area contributed by atoms with Gasteiger partial charge >= 0.3 is 0 Å². The van der Waals surface area contributed by atoms with Crippen molar-refractivity contribution in [1.29, 1.82) is 0 Å². The van der Waals surface area contributed by atoms with Crippen LogP contribution in [0.15, 0.2) is 48.5 Å². The van der Waals surface area contributed by atoms with E-state index in [2.05, 4.69) is 5.32 Å². The van der Waals surface area contributed by atoms with E-state index in [1.54, 1.807) is 41.3 Å². The number of halogens is 1. The average molecular weight is 345 g/mol. The van der Waals surface area contributed by atoms with E-state index in [1.807, 2.05) is 12.1 Å². The third-order valence-corrected chi connectivity index (χ3v) is 3.94. The zero-order valence-corrected chi connectivity index (χ0v) is 13.8. The highest BCUT2D eigenvalue weighted by Crippen LogP contribution is 2.23. The fourth-order valence-electron chi connectivity index (χ4n) is 2.55. The summed E-state index contributed by atoms with van der Waals surface area (Å²) in [4.78, 5) is 25.4. The van der Waals surface area contributed by atoms with Crippen LogP contribution in [0.3, 0.4) is 0 Å². The lowest BCUT2D eigenvalue weighted by Crippen LogP contribution is -2.23. The van der Waals surface area contributed by atoms with Gasteiger partial charge in [-0.3, -0.25) is 9.59 Å². The molecule has 1 aliphatic rings. The van der Waals surface area contributed by atoms with Crippen molar-refractivity contribution in [3.05, 3.63) is 53.6 Å². The van der Waals surface area contributed by atoms with Crippen molar-refractivity contribution in [1.82, 2.24) is 0 Å². The highest BCUT2D eigenvalue weighted by Gasteiger charge is 2.21. The molecule has 0 aromatic heterocycles. The lowest BCUT2D eigenvalue weighted by atomic mass is 10.2. The van der Waals surface area contributed by atoms with Gasteiger partial charge in [-0.15, -0.1) is 0 Å². The molecule has 0 spiro atoms. The van der Waals surface area contributed by atoms with Crippen molar-refractivity contribution in [2.75, 3.05) is 23.4 Å². The number of hydrogen-bond acceptors (Lipinski definition) is 3. The molecule has 24 heavy (non-hydrogen) atoms. The summed E-state index contributed by atoms with van der Waals surface area (Å²) in [6, 6.07) is 14.1. The average Bonchev–Trinajstić information content (AvgIpc) is 3.00. The summed E-state index contributed by atoms with van der Waals surface area (Å²) < 4.78 is 5.39. The first kappa shape index (κ1) is 16.3. The molecule has 0 aliphatic carbocycles. The number of nitrogens with one attached hydrogen (secondary N) is 1. The van der Waals surface area contributed by atoms with Crippen molar-refractivity contribution in [2.45, 2.75) is 12.8 Å². The number of carbonyl (C=O) groups excluding carboxylic acids is 2. The van der Waals surface area contributed by atoms with E-state index in [0.29, 0.717) is 22.9 Å². The van der Waals surface area contributed by atoms with Gasteiger partial charge in [-0.25, -0.2) is 0 Å². The third kappa shape index (κ3) is 4.06. The van der Waals surface area contributed by atoms with Gasteiger partial charge in [0.15, 0.2) is 6.61 Å². The SMILES string of the molecule is O=C(COc1cccc(Cl)c1)Nc1ccc(N2CCCC2=O)cc1. The first-order valence-electron chi connectivity index (χ1n) is 7.70. The van der Waals surface area contributed by atoms with Crippen LogP contribution in [0.2, 0.25) is 5.02 Å². The van der Waals surface area contributed by atoms with Crippen LogP contribution in [0, 0.1) is 0 Å². The summed E-state index contributed by atoms with van der Waals surface area (Å²) in [6.07, 6.45) is 1.48. The Labute approximate surface area is 145 Å². The number of anilines is 2. The second-order valence-corrected chi connectivity index (χ2v) is 5.93. The molecule has 1 heterocycles. The molecule has 0 saturated carbocycles. The monoisotopic (exact) mass is 344 g/mol.